The summed E-state index contributed by atoms with van der Waals surface area (Å²) in [6.07, 6.45) is 1.53. The summed E-state index contributed by atoms with van der Waals surface area (Å²) < 4.78 is 16.0. The number of methoxy groups -OCH3 is 2. The standard InChI is InChI=1S/C20H21N3O5/c1-11-18-14(13(10-24)9-22-11)7-15(19(21)28-18)20(25)23-8-12-4-5-16(26-2)17(6-12)27-3/h4-7,9,21,24H,8,10H2,1-3H3,(H,23,25). The first kappa shape index (κ1) is 19.4. The van der Waals surface area contributed by atoms with Gasteiger partial charge in [0, 0.05) is 23.7 Å². The SMILES string of the molecule is COc1ccc(CNC(=O)c2cc3c(CO)cnc(C)c3oc2=N)cc1OC. The number of nitrogens with one attached hydrogen (secondary N) is 2. The molecule has 3 rings (SSSR count). The number of carbonyl (C=O) groups excluding carboxylic acids is 1. The summed E-state index contributed by atoms with van der Waals surface area (Å²) >= 11 is 0. The Hall–Kier alpha value is -3.39. The lowest BCUT2D eigenvalue weighted by molar-refractivity contribution is 0.0946. The van der Waals surface area contributed by atoms with Crippen LogP contribution in [0.5, 0.6) is 11.5 Å². The van der Waals surface area contributed by atoms with Gasteiger partial charge in [-0.05, 0) is 30.7 Å². The van der Waals surface area contributed by atoms with E-state index in [1.165, 1.54) is 6.20 Å². The number of benzene rings is 1. The van der Waals surface area contributed by atoms with Crippen molar-refractivity contribution in [3.05, 3.63) is 58.4 Å². The van der Waals surface area contributed by atoms with E-state index in [4.69, 9.17) is 19.3 Å². The van der Waals surface area contributed by atoms with Crippen molar-refractivity contribution in [1.82, 2.24) is 10.3 Å². The molecule has 0 aliphatic carbocycles. The highest BCUT2D eigenvalue weighted by Gasteiger charge is 2.15. The van der Waals surface area contributed by atoms with Gasteiger partial charge in [-0.1, -0.05) is 6.07 Å². The molecule has 8 heteroatoms. The number of amides is 1. The molecule has 146 valence electrons. The van der Waals surface area contributed by atoms with Gasteiger partial charge in [0.15, 0.2) is 17.1 Å². The van der Waals surface area contributed by atoms with Crippen LogP contribution >= 0.6 is 0 Å². The Morgan fingerprint density at radius 1 is 1.25 bits per heavy atom. The molecule has 1 amide bonds. The summed E-state index contributed by atoms with van der Waals surface area (Å²) in [7, 11) is 3.09. The molecular formula is C20H21N3O5. The molecule has 2 heterocycles. The third kappa shape index (κ3) is 3.67. The normalized spacial score (nSPS) is 10.7. The molecule has 0 atom stereocenters. The summed E-state index contributed by atoms with van der Waals surface area (Å²) in [5.41, 5.74) is 2.11. The number of fused-ring (bicyclic) bond motifs is 1. The summed E-state index contributed by atoms with van der Waals surface area (Å²) in [5.74, 6) is 0.704. The fraction of sp³-hybridized carbons (Fsp3) is 0.250. The molecule has 28 heavy (non-hydrogen) atoms. The van der Waals surface area contributed by atoms with E-state index in [9.17, 15) is 9.90 Å². The van der Waals surface area contributed by atoms with Crippen LogP contribution in [0.15, 0.2) is 34.9 Å². The highest BCUT2D eigenvalue weighted by Crippen LogP contribution is 2.27. The van der Waals surface area contributed by atoms with Gasteiger partial charge in [0.2, 0.25) is 5.55 Å². The van der Waals surface area contributed by atoms with Crippen molar-refractivity contribution < 1.29 is 23.8 Å². The minimum atomic E-state index is -0.455. The van der Waals surface area contributed by atoms with E-state index in [0.717, 1.165) is 5.56 Å². The summed E-state index contributed by atoms with van der Waals surface area (Å²) in [4.78, 5) is 16.8. The Bertz CT molecular complexity index is 1090. The second kappa shape index (κ2) is 8.10. The molecule has 0 saturated heterocycles. The van der Waals surface area contributed by atoms with Gasteiger partial charge < -0.3 is 24.3 Å². The van der Waals surface area contributed by atoms with E-state index in [1.807, 2.05) is 6.07 Å². The first-order valence-corrected chi connectivity index (χ1v) is 8.55. The maximum Gasteiger partial charge on any atom is 0.257 e. The van der Waals surface area contributed by atoms with Crippen molar-refractivity contribution >= 4 is 16.9 Å². The van der Waals surface area contributed by atoms with Gasteiger partial charge in [-0.2, -0.15) is 0 Å². The van der Waals surface area contributed by atoms with E-state index in [0.29, 0.717) is 33.7 Å². The van der Waals surface area contributed by atoms with Crippen molar-refractivity contribution in [2.45, 2.75) is 20.1 Å². The zero-order valence-electron chi connectivity index (χ0n) is 15.8. The Labute approximate surface area is 161 Å². The Balaban J connectivity index is 1.88. The molecule has 3 aromatic rings. The number of hydrogen-bond donors (Lipinski definition) is 3. The summed E-state index contributed by atoms with van der Waals surface area (Å²) in [5, 5.41) is 20.9. The van der Waals surface area contributed by atoms with E-state index < -0.39 is 5.91 Å². The first-order valence-electron chi connectivity index (χ1n) is 8.55. The molecule has 2 aromatic heterocycles. The number of aliphatic hydroxyl groups is 1. The quantitative estimate of drug-likeness (QED) is 0.600. The minimum Gasteiger partial charge on any atom is -0.493 e. The number of aromatic nitrogens is 1. The maximum absolute atomic E-state index is 12.6. The minimum absolute atomic E-state index is 0.0771. The van der Waals surface area contributed by atoms with Crippen LogP contribution in [0, 0.1) is 12.3 Å². The van der Waals surface area contributed by atoms with Gasteiger partial charge in [-0.15, -0.1) is 0 Å². The number of aryl methyl sites for hydroxylation is 1. The molecule has 8 nitrogen and oxygen atoms in total. The molecular weight excluding hydrogens is 362 g/mol. The van der Waals surface area contributed by atoms with Crippen LogP contribution in [0.25, 0.3) is 11.0 Å². The molecule has 0 bridgehead atoms. The van der Waals surface area contributed by atoms with Crippen LogP contribution < -0.4 is 20.3 Å². The van der Waals surface area contributed by atoms with Gasteiger partial charge in [0.05, 0.1) is 26.5 Å². The number of rotatable bonds is 6. The van der Waals surface area contributed by atoms with Gasteiger partial charge in [0.25, 0.3) is 5.91 Å². The van der Waals surface area contributed by atoms with E-state index in [2.05, 4.69) is 10.3 Å². The fourth-order valence-corrected chi connectivity index (χ4v) is 2.86. The molecule has 3 N–H and O–H groups in total. The molecule has 0 aliphatic heterocycles. The van der Waals surface area contributed by atoms with Gasteiger partial charge in [-0.25, -0.2) is 0 Å². The van der Waals surface area contributed by atoms with Crippen molar-refractivity contribution in [2.75, 3.05) is 14.2 Å². The topological polar surface area (TPSA) is 118 Å². The van der Waals surface area contributed by atoms with Gasteiger partial charge >= 0.3 is 0 Å². The lowest BCUT2D eigenvalue weighted by Crippen LogP contribution is -2.28. The Morgan fingerprint density at radius 3 is 2.68 bits per heavy atom. The largest absolute Gasteiger partial charge is 0.493 e. The Morgan fingerprint density at radius 2 is 2.00 bits per heavy atom. The molecule has 0 aliphatic rings. The number of aliphatic hydroxyl groups excluding tert-OH is 1. The first-order chi connectivity index (χ1) is 13.5. The molecule has 0 radical (unpaired) electrons. The highest BCUT2D eigenvalue weighted by molar-refractivity contribution is 5.97. The second-order valence-corrected chi connectivity index (χ2v) is 6.13. The molecule has 0 saturated carbocycles. The van der Waals surface area contributed by atoms with Crippen molar-refractivity contribution in [1.29, 1.82) is 5.41 Å². The number of ether oxygens (including phenoxy) is 2. The lowest BCUT2D eigenvalue weighted by Gasteiger charge is -2.11. The predicted molar refractivity (Wildman–Crippen MR) is 101 cm³/mol. The van der Waals surface area contributed by atoms with Crippen molar-refractivity contribution in [2.24, 2.45) is 0 Å². The highest BCUT2D eigenvalue weighted by atomic mass is 16.5. The zero-order valence-corrected chi connectivity index (χ0v) is 15.8. The molecule has 1 aromatic carbocycles. The van der Waals surface area contributed by atoms with Crippen LogP contribution in [0.3, 0.4) is 0 Å². The maximum atomic E-state index is 12.6. The number of pyridine rings is 1. The third-order valence-corrected chi connectivity index (χ3v) is 4.39. The molecule has 0 unspecified atom stereocenters. The van der Waals surface area contributed by atoms with Crippen LogP contribution in [0.4, 0.5) is 0 Å². The average molecular weight is 383 g/mol. The van der Waals surface area contributed by atoms with Crippen LogP contribution in [-0.2, 0) is 13.2 Å². The number of carbonyl (C=O) groups is 1. The van der Waals surface area contributed by atoms with Crippen LogP contribution in [0.2, 0.25) is 0 Å². The van der Waals surface area contributed by atoms with E-state index >= 15 is 0 Å². The average Bonchev–Trinajstić information content (AvgIpc) is 2.72. The second-order valence-electron chi connectivity index (χ2n) is 6.13. The molecule has 0 spiro atoms. The van der Waals surface area contributed by atoms with Crippen molar-refractivity contribution in [3.63, 3.8) is 0 Å². The van der Waals surface area contributed by atoms with Gasteiger partial charge in [0.1, 0.15) is 5.56 Å². The van der Waals surface area contributed by atoms with Crippen molar-refractivity contribution in [3.8, 4) is 11.5 Å². The molecule has 0 fully saturated rings. The smallest absolute Gasteiger partial charge is 0.257 e. The lowest BCUT2D eigenvalue weighted by atomic mass is 10.1. The Kier molecular flexibility index (Phi) is 5.60. The van der Waals surface area contributed by atoms with Crippen LogP contribution in [0.1, 0.15) is 27.2 Å². The number of nitrogens with zero attached hydrogens (tertiary/aromatic N) is 1. The number of hydrogen-bond acceptors (Lipinski definition) is 7. The predicted octanol–water partition coefficient (Wildman–Crippen LogP) is 2.06. The third-order valence-electron chi connectivity index (χ3n) is 4.39. The van der Waals surface area contributed by atoms with E-state index in [1.54, 1.807) is 39.3 Å². The summed E-state index contributed by atoms with van der Waals surface area (Å²) in [6.45, 7) is 1.73. The van der Waals surface area contributed by atoms with Crippen LogP contribution in [-0.4, -0.2) is 30.2 Å². The monoisotopic (exact) mass is 383 g/mol. The summed E-state index contributed by atoms with van der Waals surface area (Å²) in [6, 6.07) is 6.88. The fourth-order valence-electron chi connectivity index (χ4n) is 2.86. The zero-order chi connectivity index (χ0) is 20.3. The van der Waals surface area contributed by atoms with Gasteiger partial charge in [-0.3, -0.25) is 15.2 Å². The van der Waals surface area contributed by atoms with E-state index in [-0.39, 0.29) is 24.3 Å².